The molecule has 0 aliphatic carbocycles. The zero-order valence-electron chi connectivity index (χ0n) is 11.7. The molecule has 0 radical (unpaired) electrons. The summed E-state index contributed by atoms with van der Waals surface area (Å²) in [6.45, 7) is 1.87. The normalized spacial score (nSPS) is 12.9. The van der Waals surface area contributed by atoms with Gasteiger partial charge in [-0.3, -0.25) is 0 Å². The number of sulfone groups is 1. The fourth-order valence-corrected chi connectivity index (χ4v) is 2.63. The first kappa shape index (κ1) is 15.2. The third kappa shape index (κ3) is 3.88. The number of hydrogen-bond donors (Lipinski definition) is 3. The van der Waals surface area contributed by atoms with Crippen LogP contribution in [0.3, 0.4) is 0 Å². The number of nitrogens with one attached hydrogen (secondary N) is 1. The first-order valence-corrected chi connectivity index (χ1v) is 8.24. The molecule has 21 heavy (non-hydrogen) atoms. The third-order valence-corrected chi connectivity index (χ3v) is 4.22. The van der Waals surface area contributed by atoms with Gasteiger partial charge in [0.1, 0.15) is 11.5 Å². The maximum atomic E-state index is 11.4. The van der Waals surface area contributed by atoms with Crippen molar-refractivity contribution in [2.45, 2.75) is 17.9 Å². The number of phenolic OH excluding ortho intramolecular Hbond substituents is 2. The van der Waals surface area contributed by atoms with Crippen LogP contribution in [-0.2, 0) is 9.84 Å². The van der Waals surface area contributed by atoms with Crippen LogP contribution in [0.5, 0.6) is 11.5 Å². The fourth-order valence-electron chi connectivity index (χ4n) is 2.00. The molecule has 0 amide bonds. The maximum absolute atomic E-state index is 11.4. The summed E-state index contributed by atoms with van der Waals surface area (Å²) in [7, 11) is -3.21. The summed E-state index contributed by atoms with van der Waals surface area (Å²) < 4.78 is 22.8. The predicted octanol–water partition coefficient (Wildman–Crippen LogP) is 2.67. The summed E-state index contributed by atoms with van der Waals surface area (Å²) in [6, 6.07) is 10.6. The lowest BCUT2D eigenvalue weighted by Gasteiger charge is -2.16. The second-order valence-corrected chi connectivity index (χ2v) is 6.96. The highest BCUT2D eigenvalue weighted by molar-refractivity contribution is 7.90. The number of hydrogen-bond acceptors (Lipinski definition) is 5. The van der Waals surface area contributed by atoms with Gasteiger partial charge in [-0.05, 0) is 48.9 Å². The SMILES string of the molecule is CC(Nc1ccc(S(C)(=O)=O)cc1)c1cc(O)cc(O)c1. The Kier molecular flexibility index (Phi) is 4.09. The Hall–Kier alpha value is -2.21. The third-order valence-electron chi connectivity index (χ3n) is 3.09. The first-order valence-electron chi connectivity index (χ1n) is 6.35. The standard InChI is InChI=1S/C15H17NO4S/c1-10(11-7-13(17)9-14(18)8-11)16-12-3-5-15(6-4-12)21(2,19)20/h3-10,16-18H,1-2H3. The van der Waals surface area contributed by atoms with Crippen LogP contribution >= 0.6 is 0 Å². The Balaban J connectivity index is 2.17. The van der Waals surface area contributed by atoms with Gasteiger partial charge < -0.3 is 15.5 Å². The minimum Gasteiger partial charge on any atom is -0.508 e. The van der Waals surface area contributed by atoms with E-state index < -0.39 is 9.84 Å². The molecule has 0 spiro atoms. The molecule has 0 heterocycles. The Morgan fingerprint density at radius 1 is 1.00 bits per heavy atom. The lowest BCUT2D eigenvalue weighted by Crippen LogP contribution is -2.06. The van der Waals surface area contributed by atoms with Gasteiger partial charge in [0.05, 0.1) is 4.90 Å². The van der Waals surface area contributed by atoms with Crippen LogP contribution in [0.25, 0.3) is 0 Å². The van der Waals surface area contributed by atoms with E-state index in [-0.39, 0.29) is 22.4 Å². The van der Waals surface area contributed by atoms with Crippen molar-refractivity contribution >= 4 is 15.5 Å². The number of rotatable bonds is 4. The van der Waals surface area contributed by atoms with Crippen molar-refractivity contribution in [2.75, 3.05) is 11.6 Å². The van der Waals surface area contributed by atoms with E-state index in [0.29, 0.717) is 0 Å². The largest absolute Gasteiger partial charge is 0.508 e. The van der Waals surface area contributed by atoms with E-state index in [9.17, 15) is 18.6 Å². The van der Waals surface area contributed by atoms with E-state index in [1.54, 1.807) is 24.3 Å². The molecule has 0 bridgehead atoms. The number of aromatic hydroxyl groups is 2. The van der Waals surface area contributed by atoms with Crippen LogP contribution < -0.4 is 5.32 Å². The summed E-state index contributed by atoms with van der Waals surface area (Å²) in [6.07, 6.45) is 1.16. The summed E-state index contributed by atoms with van der Waals surface area (Å²) in [5.41, 5.74) is 1.47. The zero-order valence-corrected chi connectivity index (χ0v) is 12.6. The van der Waals surface area contributed by atoms with Gasteiger partial charge in [-0.25, -0.2) is 8.42 Å². The van der Waals surface area contributed by atoms with E-state index in [1.165, 1.54) is 18.2 Å². The van der Waals surface area contributed by atoms with E-state index in [2.05, 4.69) is 5.32 Å². The number of benzene rings is 2. The topological polar surface area (TPSA) is 86.6 Å². The molecule has 0 aromatic heterocycles. The van der Waals surface area contributed by atoms with Gasteiger partial charge in [0.15, 0.2) is 9.84 Å². The van der Waals surface area contributed by atoms with Crippen LogP contribution in [0.1, 0.15) is 18.5 Å². The van der Waals surface area contributed by atoms with Gasteiger partial charge in [0.25, 0.3) is 0 Å². The van der Waals surface area contributed by atoms with Crippen LogP contribution in [0.2, 0.25) is 0 Å². The molecule has 3 N–H and O–H groups in total. The fraction of sp³-hybridized carbons (Fsp3) is 0.200. The second kappa shape index (κ2) is 5.65. The van der Waals surface area contributed by atoms with Crippen molar-refractivity contribution in [1.82, 2.24) is 0 Å². The Labute approximate surface area is 123 Å². The Morgan fingerprint density at radius 2 is 1.52 bits per heavy atom. The van der Waals surface area contributed by atoms with Gasteiger partial charge >= 0.3 is 0 Å². The molecule has 112 valence electrons. The molecule has 6 heteroatoms. The molecule has 2 aromatic rings. The average molecular weight is 307 g/mol. The molecule has 1 unspecified atom stereocenters. The van der Waals surface area contributed by atoms with Crippen molar-refractivity contribution < 1.29 is 18.6 Å². The van der Waals surface area contributed by atoms with Crippen molar-refractivity contribution in [1.29, 1.82) is 0 Å². The lowest BCUT2D eigenvalue weighted by atomic mass is 10.1. The van der Waals surface area contributed by atoms with E-state index in [1.807, 2.05) is 6.92 Å². The summed E-state index contributed by atoms with van der Waals surface area (Å²) in [4.78, 5) is 0.260. The minimum atomic E-state index is -3.21. The van der Waals surface area contributed by atoms with Crippen LogP contribution in [0.15, 0.2) is 47.4 Å². The number of anilines is 1. The molecule has 0 aliphatic heterocycles. The predicted molar refractivity (Wildman–Crippen MR) is 81.4 cm³/mol. The minimum absolute atomic E-state index is 0.00826. The molecule has 0 aliphatic rings. The van der Waals surface area contributed by atoms with Crippen molar-refractivity contribution in [3.63, 3.8) is 0 Å². The molecule has 0 saturated heterocycles. The maximum Gasteiger partial charge on any atom is 0.175 e. The molecular weight excluding hydrogens is 290 g/mol. The highest BCUT2D eigenvalue weighted by Gasteiger charge is 2.10. The van der Waals surface area contributed by atoms with Gasteiger partial charge in [0, 0.05) is 24.1 Å². The summed E-state index contributed by atoms with van der Waals surface area (Å²) in [5.74, 6) is -0.0165. The molecule has 2 rings (SSSR count). The monoisotopic (exact) mass is 307 g/mol. The van der Waals surface area contributed by atoms with E-state index in [0.717, 1.165) is 17.5 Å². The molecule has 1 atom stereocenters. The van der Waals surface area contributed by atoms with E-state index >= 15 is 0 Å². The number of phenols is 2. The molecule has 0 fully saturated rings. The second-order valence-electron chi connectivity index (χ2n) is 4.95. The average Bonchev–Trinajstić information content (AvgIpc) is 2.37. The van der Waals surface area contributed by atoms with Crippen LogP contribution in [-0.4, -0.2) is 24.9 Å². The highest BCUT2D eigenvalue weighted by Crippen LogP contribution is 2.27. The van der Waals surface area contributed by atoms with E-state index in [4.69, 9.17) is 0 Å². The molecular formula is C15H17NO4S. The van der Waals surface area contributed by atoms with Gasteiger partial charge in [-0.1, -0.05) is 0 Å². The quantitative estimate of drug-likeness (QED) is 0.808. The van der Waals surface area contributed by atoms with Crippen LogP contribution in [0.4, 0.5) is 5.69 Å². The summed E-state index contributed by atoms with van der Waals surface area (Å²) in [5, 5.41) is 22.1. The molecule has 2 aromatic carbocycles. The van der Waals surface area contributed by atoms with Gasteiger partial charge in [-0.15, -0.1) is 0 Å². The van der Waals surface area contributed by atoms with Crippen LogP contribution in [0, 0.1) is 0 Å². The Morgan fingerprint density at radius 3 is 2.00 bits per heavy atom. The zero-order chi connectivity index (χ0) is 15.6. The lowest BCUT2D eigenvalue weighted by molar-refractivity contribution is 0.448. The highest BCUT2D eigenvalue weighted by atomic mass is 32.2. The van der Waals surface area contributed by atoms with Crippen molar-refractivity contribution in [3.8, 4) is 11.5 Å². The van der Waals surface area contributed by atoms with Gasteiger partial charge in [0.2, 0.25) is 0 Å². The first-order chi connectivity index (χ1) is 9.75. The molecule has 0 saturated carbocycles. The Bertz CT molecular complexity index is 719. The van der Waals surface area contributed by atoms with Crippen molar-refractivity contribution in [2.24, 2.45) is 0 Å². The van der Waals surface area contributed by atoms with Crippen molar-refractivity contribution in [3.05, 3.63) is 48.0 Å². The molecule has 5 nitrogen and oxygen atoms in total. The van der Waals surface area contributed by atoms with Gasteiger partial charge in [-0.2, -0.15) is 0 Å². The summed E-state index contributed by atoms with van der Waals surface area (Å²) >= 11 is 0. The smallest absolute Gasteiger partial charge is 0.175 e.